The minimum absolute atomic E-state index is 0.518. The average molecular weight is 247 g/mol. The first-order valence-corrected chi connectivity index (χ1v) is 7.48. The Bertz CT molecular complexity index is 406. The third kappa shape index (κ3) is 2.33. The van der Waals surface area contributed by atoms with E-state index < -0.39 is 0 Å². The number of rotatable bonds is 4. The van der Waals surface area contributed by atoms with E-state index in [0.717, 1.165) is 0 Å². The number of imidazole rings is 1. The molecule has 1 N–H and O–H groups in total. The molecule has 1 saturated heterocycles. The molecule has 0 amide bonds. The Hall–Kier alpha value is -0.830. The van der Waals surface area contributed by atoms with Crippen molar-refractivity contribution in [2.24, 2.45) is 5.41 Å². The molecule has 1 aliphatic carbocycles. The number of nitrogens with one attached hydrogen (secondary N) is 1. The highest BCUT2D eigenvalue weighted by molar-refractivity contribution is 5.09. The van der Waals surface area contributed by atoms with Crippen LogP contribution < -0.4 is 5.32 Å². The van der Waals surface area contributed by atoms with Crippen LogP contribution in [0.5, 0.6) is 0 Å². The molecule has 2 heterocycles. The standard InChI is InChI=1S/C15H25N3/c1-3-15(7-8-15)10-18-11-16-9-14(18)13-6-4-5-12(2)17-13/h9,11-13,17H,3-8,10H2,1-2H3. The topological polar surface area (TPSA) is 29.9 Å². The lowest BCUT2D eigenvalue weighted by Gasteiger charge is -2.30. The molecule has 0 aromatic carbocycles. The normalized spacial score (nSPS) is 30.3. The molecule has 0 bridgehead atoms. The molecule has 2 atom stereocenters. The minimum Gasteiger partial charge on any atom is -0.333 e. The molecule has 1 aromatic rings. The average Bonchev–Trinajstić information content (AvgIpc) is 2.99. The molecule has 1 aliphatic heterocycles. The number of nitrogens with zero attached hydrogens (tertiary/aromatic N) is 2. The van der Waals surface area contributed by atoms with Gasteiger partial charge in [-0.2, -0.15) is 0 Å². The molecule has 2 unspecified atom stereocenters. The summed E-state index contributed by atoms with van der Waals surface area (Å²) in [6.45, 7) is 5.79. The van der Waals surface area contributed by atoms with Gasteiger partial charge >= 0.3 is 0 Å². The Morgan fingerprint density at radius 1 is 1.44 bits per heavy atom. The number of hydrogen-bond donors (Lipinski definition) is 1. The summed E-state index contributed by atoms with van der Waals surface area (Å²) in [7, 11) is 0. The Kier molecular flexibility index (Phi) is 3.18. The van der Waals surface area contributed by atoms with E-state index in [0.29, 0.717) is 17.5 Å². The van der Waals surface area contributed by atoms with Crippen LogP contribution in [0.4, 0.5) is 0 Å². The van der Waals surface area contributed by atoms with Crippen LogP contribution in [0.15, 0.2) is 12.5 Å². The molecular formula is C15H25N3. The van der Waals surface area contributed by atoms with Gasteiger partial charge in [-0.15, -0.1) is 0 Å². The molecule has 3 nitrogen and oxygen atoms in total. The van der Waals surface area contributed by atoms with E-state index in [1.165, 1.54) is 50.8 Å². The number of hydrogen-bond acceptors (Lipinski definition) is 2. The first-order valence-electron chi connectivity index (χ1n) is 7.48. The Balaban J connectivity index is 1.74. The Morgan fingerprint density at radius 3 is 2.94 bits per heavy atom. The van der Waals surface area contributed by atoms with Crippen LogP contribution in [0, 0.1) is 5.41 Å². The predicted octanol–water partition coefficient (Wildman–Crippen LogP) is 3.28. The Labute approximate surface area is 110 Å². The van der Waals surface area contributed by atoms with Crippen molar-refractivity contribution >= 4 is 0 Å². The smallest absolute Gasteiger partial charge is 0.0948 e. The van der Waals surface area contributed by atoms with Crippen molar-refractivity contribution in [3.05, 3.63) is 18.2 Å². The highest BCUT2D eigenvalue weighted by Crippen LogP contribution is 2.50. The second-order valence-corrected chi connectivity index (χ2v) is 6.35. The zero-order valence-electron chi connectivity index (χ0n) is 11.7. The second-order valence-electron chi connectivity index (χ2n) is 6.35. The highest BCUT2D eigenvalue weighted by Gasteiger charge is 2.41. The van der Waals surface area contributed by atoms with Crippen LogP contribution in [0.1, 0.15) is 64.1 Å². The lowest BCUT2D eigenvalue weighted by atomic mass is 9.97. The highest BCUT2D eigenvalue weighted by atomic mass is 15.1. The van der Waals surface area contributed by atoms with Gasteiger partial charge in [-0.1, -0.05) is 6.92 Å². The van der Waals surface area contributed by atoms with Crippen molar-refractivity contribution in [1.29, 1.82) is 0 Å². The maximum atomic E-state index is 4.39. The monoisotopic (exact) mass is 247 g/mol. The molecule has 0 spiro atoms. The van der Waals surface area contributed by atoms with Gasteiger partial charge in [0.2, 0.25) is 0 Å². The van der Waals surface area contributed by atoms with Crippen molar-refractivity contribution in [3.63, 3.8) is 0 Å². The van der Waals surface area contributed by atoms with Gasteiger partial charge in [0.25, 0.3) is 0 Å². The maximum Gasteiger partial charge on any atom is 0.0948 e. The van der Waals surface area contributed by atoms with Gasteiger partial charge in [-0.3, -0.25) is 0 Å². The molecule has 0 radical (unpaired) electrons. The van der Waals surface area contributed by atoms with E-state index in [1.807, 2.05) is 6.33 Å². The van der Waals surface area contributed by atoms with Gasteiger partial charge in [0, 0.05) is 24.8 Å². The summed E-state index contributed by atoms with van der Waals surface area (Å²) in [5.74, 6) is 0. The first kappa shape index (κ1) is 12.2. The van der Waals surface area contributed by atoms with E-state index in [4.69, 9.17) is 0 Å². The molecule has 1 saturated carbocycles. The van der Waals surface area contributed by atoms with E-state index >= 15 is 0 Å². The largest absolute Gasteiger partial charge is 0.333 e. The summed E-state index contributed by atoms with van der Waals surface area (Å²) in [6, 6.07) is 1.16. The molecule has 100 valence electrons. The van der Waals surface area contributed by atoms with Crippen LogP contribution >= 0.6 is 0 Å². The van der Waals surface area contributed by atoms with Crippen LogP contribution in [-0.2, 0) is 6.54 Å². The lowest BCUT2D eigenvalue weighted by Crippen LogP contribution is -2.35. The summed E-state index contributed by atoms with van der Waals surface area (Å²) < 4.78 is 2.41. The van der Waals surface area contributed by atoms with Crippen LogP contribution in [0.25, 0.3) is 0 Å². The number of piperidine rings is 1. The van der Waals surface area contributed by atoms with Crippen molar-refractivity contribution in [3.8, 4) is 0 Å². The van der Waals surface area contributed by atoms with Gasteiger partial charge in [0.05, 0.1) is 12.0 Å². The van der Waals surface area contributed by atoms with Crippen molar-refractivity contribution in [1.82, 2.24) is 14.9 Å². The first-order chi connectivity index (χ1) is 8.72. The third-order valence-electron chi connectivity index (χ3n) is 4.93. The van der Waals surface area contributed by atoms with Gasteiger partial charge in [-0.05, 0) is 50.9 Å². The molecule has 2 fully saturated rings. The fraction of sp³-hybridized carbons (Fsp3) is 0.800. The summed E-state index contributed by atoms with van der Waals surface area (Å²) in [6.07, 6.45) is 12.1. The third-order valence-corrected chi connectivity index (χ3v) is 4.93. The van der Waals surface area contributed by atoms with E-state index in [1.54, 1.807) is 0 Å². The summed E-state index contributed by atoms with van der Waals surface area (Å²) in [5.41, 5.74) is 2.00. The van der Waals surface area contributed by atoms with Crippen molar-refractivity contribution in [2.45, 2.75) is 71.0 Å². The zero-order chi connectivity index (χ0) is 12.6. The summed E-state index contributed by atoms with van der Waals surface area (Å²) in [4.78, 5) is 4.39. The van der Waals surface area contributed by atoms with Crippen LogP contribution in [0.3, 0.4) is 0 Å². The Morgan fingerprint density at radius 2 is 2.28 bits per heavy atom. The second kappa shape index (κ2) is 4.69. The molecule has 3 heteroatoms. The van der Waals surface area contributed by atoms with Crippen LogP contribution in [0.2, 0.25) is 0 Å². The van der Waals surface area contributed by atoms with Gasteiger partial charge < -0.3 is 9.88 Å². The summed E-state index contributed by atoms with van der Waals surface area (Å²) in [5, 5.41) is 3.72. The fourth-order valence-electron chi connectivity index (χ4n) is 3.29. The number of aromatic nitrogens is 2. The molecule has 3 rings (SSSR count). The van der Waals surface area contributed by atoms with Crippen LogP contribution in [-0.4, -0.2) is 15.6 Å². The quantitative estimate of drug-likeness (QED) is 0.885. The SMILES string of the molecule is CCC1(Cn2cncc2C2CCCC(C)N2)CC1. The van der Waals surface area contributed by atoms with Crippen molar-refractivity contribution < 1.29 is 0 Å². The fourth-order valence-corrected chi connectivity index (χ4v) is 3.29. The predicted molar refractivity (Wildman–Crippen MR) is 73.4 cm³/mol. The molecule has 2 aliphatic rings. The van der Waals surface area contributed by atoms with Crippen molar-refractivity contribution in [2.75, 3.05) is 0 Å². The van der Waals surface area contributed by atoms with E-state index in [9.17, 15) is 0 Å². The van der Waals surface area contributed by atoms with E-state index in [-0.39, 0.29) is 0 Å². The maximum absolute atomic E-state index is 4.39. The van der Waals surface area contributed by atoms with Gasteiger partial charge in [0.15, 0.2) is 0 Å². The lowest BCUT2D eigenvalue weighted by molar-refractivity contribution is 0.318. The van der Waals surface area contributed by atoms with Gasteiger partial charge in [0.1, 0.15) is 0 Å². The zero-order valence-corrected chi connectivity index (χ0v) is 11.7. The molecular weight excluding hydrogens is 222 g/mol. The molecule has 1 aromatic heterocycles. The molecule has 18 heavy (non-hydrogen) atoms. The minimum atomic E-state index is 0.518. The van der Waals surface area contributed by atoms with Gasteiger partial charge in [-0.25, -0.2) is 4.98 Å². The van der Waals surface area contributed by atoms with E-state index in [2.05, 4.69) is 34.9 Å². The summed E-state index contributed by atoms with van der Waals surface area (Å²) >= 11 is 0.